The number of carboxylic acid groups (broad SMARTS) is 1. The van der Waals surface area contributed by atoms with Crippen LogP contribution in [0.3, 0.4) is 0 Å². The van der Waals surface area contributed by atoms with Gasteiger partial charge in [0.2, 0.25) is 5.91 Å². The van der Waals surface area contributed by atoms with Crippen molar-refractivity contribution in [1.82, 2.24) is 4.90 Å². The van der Waals surface area contributed by atoms with E-state index in [-0.39, 0.29) is 5.91 Å². The third-order valence-electron chi connectivity index (χ3n) is 3.32. The Morgan fingerprint density at radius 3 is 2.60 bits per heavy atom. The lowest BCUT2D eigenvalue weighted by atomic mass is 10.2. The highest BCUT2D eigenvalue weighted by molar-refractivity contribution is 5.84. The van der Waals surface area contributed by atoms with Crippen LogP contribution in [-0.4, -0.2) is 34.5 Å². The number of likely N-dealkylation sites (tertiary alicyclic amines) is 1. The molecule has 1 saturated heterocycles. The molecule has 2 fully saturated rings. The van der Waals surface area contributed by atoms with Crippen LogP contribution in [0.1, 0.15) is 38.5 Å². The van der Waals surface area contributed by atoms with E-state index in [4.69, 9.17) is 5.11 Å². The number of amides is 1. The first-order valence-electron chi connectivity index (χ1n) is 5.71. The monoisotopic (exact) mass is 211 g/mol. The summed E-state index contributed by atoms with van der Waals surface area (Å²) in [6, 6.07) is -0.559. The Bertz CT molecular complexity index is 273. The maximum Gasteiger partial charge on any atom is 0.326 e. The van der Waals surface area contributed by atoms with E-state index in [1.165, 1.54) is 12.8 Å². The Hall–Kier alpha value is -1.06. The summed E-state index contributed by atoms with van der Waals surface area (Å²) in [5.41, 5.74) is 0. The van der Waals surface area contributed by atoms with Gasteiger partial charge in [-0.25, -0.2) is 4.79 Å². The first-order chi connectivity index (χ1) is 7.18. The summed E-state index contributed by atoms with van der Waals surface area (Å²) in [6.45, 7) is 0.625. The van der Waals surface area contributed by atoms with Gasteiger partial charge in [-0.1, -0.05) is 12.8 Å². The van der Waals surface area contributed by atoms with Gasteiger partial charge in [0.05, 0.1) is 0 Å². The second kappa shape index (κ2) is 4.21. The number of carbonyl (C=O) groups is 2. The van der Waals surface area contributed by atoms with Gasteiger partial charge in [-0.3, -0.25) is 4.79 Å². The number of carboxylic acids is 1. The zero-order valence-corrected chi connectivity index (χ0v) is 8.82. The molecular weight excluding hydrogens is 194 g/mol. The van der Waals surface area contributed by atoms with Crippen LogP contribution in [0, 0.1) is 5.92 Å². The fourth-order valence-corrected chi connectivity index (χ4v) is 2.20. The molecule has 1 amide bonds. The normalized spacial score (nSPS) is 25.6. The number of carbonyl (C=O) groups excluding carboxylic acids is 1. The van der Waals surface area contributed by atoms with Crippen LogP contribution >= 0.6 is 0 Å². The molecule has 1 aliphatic heterocycles. The molecule has 0 aromatic heterocycles. The van der Waals surface area contributed by atoms with Crippen molar-refractivity contribution in [3.63, 3.8) is 0 Å². The topological polar surface area (TPSA) is 57.6 Å². The van der Waals surface area contributed by atoms with E-state index in [0.29, 0.717) is 19.4 Å². The van der Waals surface area contributed by atoms with Gasteiger partial charge in [-0.2, -0.15) is 0 Å². The lowest BCUT2D eigenvalue weighted by Gasteiger charge is -2.21. The standard InChI is InChI=1S/C11H17NO3/c13-10(6-5-8-3-4-8)12-7-1-2-9(12)11(14)15/h8-9H,1-7H2,(H,14,15)/t9-/m1/s1. The second-order valence-electron chi connectivity index (χ2n) is 4.57. The molecule has 4 heteroatoms. The summed E-state index contributed by atoms with van der Waals surface area (Å²) >= 11 is 0. The van der Waals surface area contributed by atoms with Crippen molar-refractivity contribution in [2.75, 3.05) is 6.54 Å². The third kappa shape index (κ3) is 2.49. The van der Waals surface area contributed by atoms with Crippen molar-refractivity contribution in [2.24, 2.45) is 5.92 Å². The van der Waals surface area contributed by atoms with Gasteiger partial charge >= 0.3 is 5.97 Å². The summed E-state index contributed by atoms with van der Waals surface area (Å²) in [4.78, 5) is 24.2. The van der Waals surface area contributed by atoms with E-state index in [2.05, 4.69) is 0 Å². The Labute approximate surface area is 89.3 Å². The van der Waals surface area contributed by atoms with Crippen LogP contribution in [0.2, 0.25) is 0 Å². The summed E-state index contributed by atoms with van der Waals surface area (Å²) < 4.78 is 0. The maximum atomic E-state index is 11.8. The van der Waals surface area contributed by atoms with Gasteiger partial charge in [-0.15, -0.1) is 0 Å². The average molecular weight is 211 g/mol. The molecule has 0 aromatic carbocycles. The van der Waals surface area contributed by atoms with E-state index in [1.54, 1.807) is 4.90 Å². The van der Waals surface area contributed by atoms with E-state index in [0.717, 1.165) is 18.8 Å². The van der Waals surface area contributed by atoms with Crippen LogP contribution < -0.4 is 0 Å². The van der Waals surface area contributed by atoms with E-state index < -0.39 is 12.0 Å². The maximum absolute atomic E-state index is 11.8. The quantitative estimate of drug-likeness (QED) is 0.761. The number of aliphatic carboxylic acids is 1. The molecule has 0 radical (unpaired) electrons. The minimum Gasteiger partial charge on any atom is -0.480 e. The van der Waals surface area contributed by atoms with Gasteiger partial charge in [0.1, 0.15) is 6.04 Å². The molecule has 1 N–H and O–H groups in total. The molecule has 1 atom stereocenters. The Balaban J connectivity index is 1.84. The van der Waals surface area contributed by atoms with Gasteiger partial charge < -0.3 is 10.0 Å². The minimum absolute atomic E-state index is 0.0341. The highest BCUT2D eigenvalue weighted by Gasteiger charge is 2.34. The fourth-order valence-electron chi connectivity index (χ4n) is 2.20. The molecule has 0 aromatic rings. The molecule has 0 bridgehead atoms. The molecule has 2 aliphatic rings. The number of hydrogen-bond donors (Lipinski definition) is 1. The summed E-state index contributed by atoms with van der Waals surface area (Å²) in [6.07, 6.45) is 5.41. The lowest BCUT2D eigenvalue weighted by molar-refractivity contribution is -0.148. The van der Waals surface area contributed by atoms with E-state index in [9.17, 15) is 9.59 Å². The summed E-state index contributed by atoms with van der Waals surface area (Å²) in [7, 11) is 0. The molecular formula is C11H17NO3. The molecule has 4 nitrogen and oxygen atoms in total. The average Bonchev–Trinajstić information content (AvgIpc) is 2.88. The SMILES string of the molecule is O=C(O)[C@H]1CCCN1C(=O)CCC1CC1. The van der Waals surface area contributed by atoms with Crippen molar-refractivity contribution in [3.05, 3.63) is 0 Å². The van der Waals surface area contributed by atoms with Crippen LogP contribution in [0.4, 0.5) is 0 Å². The van der Waals surface area contributed by atoms with Crippen LogP contribution in [0.25, 0.3) is 0 Å². The van der Waals surface area contributed by atoms with Crippen molar-refractivity contribution < 1.29 is 14.7 Å². The molecule has 1 saturated carbocycles. The lowest BCUT2D eigenvalue weighted by Crippen LogP contribution is -2.40. The van der Waals surface area contributed by atoms with Gasteiger partial charge in [-0.05, 0) is 25.2 Å². The first kappa shape index (κ1) is 10.5. The molecule has 2 rings (SSSR count). The second-order valence-corrected chi connectivity index (χ2v) is 4.57. The van der Waals surface area contributed by atoms with Gasteiger partial charge in [0.15, 0.2) is 0 Å². The molecule has 0 unspecified atom stereocenters. The van der Waals surface area contributed by atoms with Crippen molar-refractivity contribution >= 4 is 11.9 Å². The van der Waals surface area contributed by atoms with Crippen LogP contribution in [0.15, 0.2) is 0 Å². The van der Waals surface area contributed by atoms with Crippen LogP contribution in [-0.2, 0) is 9.59 Å². The Kier molecular flexibility index (Phi) is 2.93. The van der Waals surface area contributed by atoms with E-state index in [1.807, 2.05) is 0 Å². The number of nitrogens with zero attached hydrogens (tertiary/aromatic N) is 1. The fraction of sp³-hybridized carbons (Fsp3) is 0.818. The third-order valence-corrected chi connectivity index (χ3v) is 3.32. The Morgan fingerprint density at radius 2 is 2.00 bits per heavy atom. The van der Waals surface area contributed by atoms with Crippen molar-refractivity contribution in [1.29, 1.82) is 0 Å². The molecule has 0 spiro atoms. The largest absolute Gasteiger partial charge is 0.480 e. The zero-order chi connectivity index (χ0) is 10.8. The molecule has 1 aliphatic carbocycles. The first-order valence-corrected chi connectivity index (χ1v) is 5.71. The number of hydrogen-bond acceptors (Lipinski definition) is 2. The van der Waals surface area contributed by atoms with Crippen LogP contribution in [0.5, 0.6) is 0 Å². The van der Waals surface area contributed by atoms with Gasteiger partial charge in [0.25, 0.3) is 0 Å². The predicted octanol–water partition coefficient (Wildman–Crippen LogP) is 1.25. The highest BCUT2D eigenvalue weighted by atomic mass is 16.4. The zero-order valence-electron chi connectivity index (χ0n) is 8.82. The minimum atomic E-state index is -0.854. The van der Waals surface area contributed by atoms with Gasteiger partial charge in [0, 0.05) is 13.0 Å². The smallest absolute Gasteiger partial charge is 0.326 e. The predicted molar refractivity (Wildman–Crippen MR) is 54.3 cm³/mol. The van der Waals surface area contributed by atoms with E-state index >= 15 is 0 Å². The molecule has 1 heterocycles. The molecule has 84 valence electrons. The van der Waals surface area contributed by atoms with Crippen molar-refractivity contribution in [3.8, 4) is 0 Å². The number of rotatable bonds is 4. The summed E-state index contributed by atoms with van der Waals surface area (Å²) in [5.74, 6) is -0.0843. The molecule has 15 heavy (non-hydrogen) atoms. The summed E-state index contributed by atoms with van der Waals surface area (Å²) in [5, 5.41) is 8.93. The Morgan fingerprint density at radius 1 is 1.27 bits per heavy atom. The highest BCUT2D eigenvalue weighted by Crippen LogP contribution is 2.34. The van der Waals surface area contributed by atoms with Crippen molar-refractivity contribution in [2.45, 2.75) is 44.6 Å².